The molecule has 7 nitrogen and oxygen atoms in total. The van der Waals surface area contributed by atoms with Gasteiger partial charge in [-0.05, 0) is 18.2 Å². The summed E-state index contributed by atoms with van der Waals surface area (Å²) in [7, 11) is 1.59. The zero-order valence-corrected chi connectivity index (χ0v) is 11.6. The van der Waals surface area contributed by atoms with Gasteiger partial charge in [-0.2, -0.15) is 0 Å². The van der Waals surface area contributed by atoms with Crippen LogP contribution in [0.4, 0.5) is 11.4 Å². The maximum absolute atomic E-state index is 12.0. The lowest BCUT2D eigenvalue weighted by Crippen LogP contribution is -2.27. The number of aromatic carboxylic acids is 1. The van der Waals surface area contributed by atoms with Crippen molar-refractivity contribution in [2.24, 2.45) is 0 Å². The van der Waals surface area contributed by atoms with E-state index >= 15 is 0 Å². The smallest absolute Gasteiger partial charge is 0.335 e. The predicted octanol–water partition coefficient (Wildman–Crippen LogP) is 1.03. The topological polar surface area (TPSA) is 98.2 Å². The molecule has 0 unspecified atom stereocenters. The molecule has 0 aliphatic carbocycles. The number of carbonyl (C=O) groups excluding carboxylic acids is 1. The third kappa shape index (κ3) is 3.13. The van der Waals surface area contributed by atoms with Crippen LogP contribution < -0.4 is 9.80 Å². The summed E-state index contributed by atoms with van der Waals surface area (Å²) in [5.41, 5.74) is 1.26. The molecule has 0 bridgehead atoms. The first-order chi connectivity index (χ1) is 9.90. The highest BCUT2D eigenvalue weighted by molar-refractivity contribution is 6.00. The van der Waals surface area contributed by atoms with Crippen molar-refractivity contribution in [3.63, 3.8) is 0 Å². The molecule has 1 amide bonds. The number of carbonyl (C=O) groups is 3. The fraction of sp³-hybridized carbons (Fsp3) is 0.357. The largest absolute Gasteiger partial charge is 0.481 e. The van der Waals surface area contributed by atoms with E-state index in [9.17, 15) is 14.4 Å². The second-order valence-corrected chi connectivity index (χ2v) is 4.84. The van der Waals surface area contributed by atoms with Crippen LogP contribution in [0.2, 0.25) is 0 Å². The minimum absolute atomic E-state index is 0.0436. The molecular weight excluding hydrogens is 276 g/mol. The van der Waals surface area contributed by atoms with E-state index in [4.69, 9.17) is 10.2 Å². The monoisotopic (exact) mass is 292 g/mol. The summed E-state index contributed by atoms with van der Waals surface area (Å²) < 4.78 is 0. The van der Waals surface area contributed by atoms with E-state index in [-0.39, 0.29) is 30.9 Å². The number of amides is 1. The molecular formula is C14H16N2O5. The van der Waals surface area contributed by atoms with Crippen LogP contribution in [0.1, 0.15) is 23.2 Å². The number of hydrogen-bond acceptors (Lipinski definition) is 4. The SMILES string of the molecule is CN1C(=O)CCN(CCC(=O)O)c2ccc(C(=O)O)cc21. The summed E-state index contributed by atoms with van der Waals surface area (Å²) in [6.45, 7) is 0.686. The van der Waals surface area contributed by atoms with Crippen molar-refractivity contribution in [2.45, 2.75) is 12.8 Å². The summed E-state index contributed by atoms with van der Waals surface area (Å²) in [6, 6.07) is 4.52. The maximum atomic E-state index is 12.0. The highest BCUT2D eigenvalue weighted by Crippen LogP contribution is 2.33. The zero-order chi connectivity index (χ0) is 15.6. The van der Waals surface area contributed by atoms with Gasteiger partial charge in [0.2, 0.25) is 5.91 Å². The van der Waals surface area contributed by atoms with Crippen LogP contribution in [-0.4, -0.2) is 48.2 Å². The summed E-state index contributed by atoms with van der Waals surface area (Å²) in [4.78, 5) is 37.0. The molecule has 1 aliphatic heterocycles. The van der Waals surface area contributed by atoms with Gasteiger partial charge < -0.3 is 20.0 Å². The number of fused-ring (bicyclic) bond motifs is 1. The van der Waals surface area contributed by atoms with E-state index in [0.717, 1.165) is 0 Å². The standard InChI is InChI=1S/C14H16N2O5/c1-15-11-8-9(14(20)21)2-3-10(11)16(6-4-12(15)17)7-5-13(18)19/h2-3,8H,4-7H2,1H3,(H,18,19)(H,20,21). The zero-order valence-electron chi connectivity index (χ0n) is 11.6. The van der Waals surface area contributed by atoms with Gasteiger partial charge in [0.15, 0.2) is 0 Å². The van der Waals surface area contributed by atoms with Crippen molar-refractivity contribution < 1.29 is 24.6 Å². The number of nitrogens with zero attached hydrogens (tertiary/aromatic N) is 2. The molecule has 0 aromatic heterocycles. The van der Waals surface area contributed by atoms with Crippen molar-refractivity contribution in [3.05, 3.63) is 23.8 Å². The lowest BCUT2D eigenvalue weighted by atomic mass is 10.1. The van der Waals surface area contributed by atoms with Crippen LogP contribution in [0.3, 0.4) is 0 Å². The Bertz CT molecular complexity index is 599. The highest BCUT2D eigenvalue weighted by Gasteiger charge is 2.25. The summed E-state index contributed by atoms with van der Waals surface area (Å²) in [6.07, 6.45) is 0.214. The molecule has 112 valence electrons. The minimum atomic E-state index is -1.07. The molecule has 1 aromatic rings. The molecule has 2 N–H and O–H groups in total. The van der Waals surface area contributed by atoms with E-state index in [1.165, 1.54) is 17.0 Å². The van der Waals surface area contributed by atoms with Crippen molar-refractivity contribution in [3.8, 4) is 0 Å². The van der Waals surface area contributed by atoms with Gasteiger partial charge in [0.05, 0.1) is 23.4 Å². The van der Waals surface area contributed by atoms with Crippen molar-refractivity contribution in [1.82, 2.24) is 0 Å². The van der Waals surface area contributed by atoms with E-state index < -0.39 is 11.9 Å². The molecule has 1 aliphatic rings. The van der Waals surface area contributed by atoms with Crippen molar-refractivity contribution >= 4 is 29.2 Å². The first kappa shape index (κ1) is 14.8. The molecule has 21 heavy (non-hydrogen) atoms. The lowest BCUT2D eigenvalue weighted by molar-refractivity contribution is -0.136. The van der Waals surface area contributed by atoms with Gasteiger partial charge >= 0.3 is 11.9 Å². The van der Waals surface area contributed by atoms with Crippen LogP contribution >= 0.6 is 0 Å². The molecule has 7 heteroatoms. The Kier molecular flexibility index (Phi) is 4.11. The summed E-state index contributed by atoms with van der Waals surface area (Å²) in [5, 5.41) is 17.9. The van der Waals surface area contributed by atoms with Crippen LogP contribution in [0.5, 0.6) is 0 Å². The Morgan fingerprint density at radius 3 is 2.57 bits per heavy atom. The molecule has 0 fully saturated rings. The van der Waals surface area contributed by atoms with Crippen molar-refractivity contribution in [1.29, 1.82) is 0 Å². The molecule has 0 spiro atoms. The Morgan fingerprint density at radius 2 is 1.95 bits per heavy atom. The van der Waals surface area contributed by atoms with Crippen LogP contribution in [0, 0.1) is 0 Å². The number of carboxylic acids is 2. The molecule has 0 radical (unpaired) electrons. The molecule has 2 rings (SSSR count). The normalized spacial score (nSPS) is 14.6. The van der Waals surface area contributed by atoms with Gasteiger partial charge in [-0.3, -0.25) is 9.59 Å². The second kappa shape index (κ2) is 5.82. The number of carboxylic acid groups (broad SMARTS) is 2. The quantitative estimate of drug-likeness (QED) is 0.860. The Hall–Kier alpha value is -2.57. The van der Waals surface area contributed by atoms with E-state index in [0.29, 0.717) is 17.9 Å². The third-order valence-electron chi connectivity index (χ3n) is 3.49. The molecule has 0 atom stereocenters. The molecule has 1 aromatic carbocycles. The second-order valence-electron chi connectivity index (χ2n) is 4.84. The Labute approximate surface area is 121 Å². The van der Waals surface area contributed by atoms with E-state index in [1.807, 2.05) is 0 Å². The number of aliphatic carboxylic acids is 1. The predicted molar refractivity (Wildman–Crippen MR) is 75.9 cm³/mol. The number of anilines is 2. The van der Waals surface area contributed by atoms with Gasteiger partial charge in [-0.25, -0.2) is 4.79 Å². The first-order valence-electron chi connectivity index (χ1n) is 6.51. The van der Waals surface area contributed by atoms with Gasteiger partial charge in [0, 0.05) is 26.6 Å². The molecule has 0 saturated carbocycles. The van der Waals surface area contributed by atoms with E-state index in [2.05, 4.69) is 0 Å². The number of benzene rings is 1. The van der Waals surface area contributed by atoms with Crippen LogP contribution in [-0.2, 0) is 9.59 Å². The third-order valence-corrected chi connectivity index (χ3v) is 3.49. The van der Waals surface area contributed by atoms with Gasteiger partial charge in [-0.15, -0.1) is 0 Å². The Morgan fingerprint density at radius 1 is 1.24 bits per heavy atom. The van der Waals surface area contributed by atoms with Gasteiger partial charge in [0.25, 0.3) is 0 Å². The van der Waals surface area contributed by atoms with Crippen LogP contribution in [0.25, 0.3) is 0 Å². The van der Waals surface area contributed by atoms with Crippen LogP contribution in [0.15, 0.2) is 18.2 Å². The fourth-order valence-electron chi connectivity index (χ4n) is 2.31. The average Bonchev–Trinajstić information content (AvgIpc) is 2.55. The number of rotatable bonds is 4. The molecule has 0 saturated heterocycles. The maximum Gasteiger partial charge on any atom is 0.335 e. The highest BCUT2D eigenvalue weighted by atomic mass is 16.4. The molecule has 1 heterocycles. The van der Waals surface area contributed by atoms with Gasteiger partial charge in [-0.1, -0.05) is 0 Å². The van der Waals surface area contributed by atoms with E-state index in [1.54, 1.807) is 18.0 Å². The number of hydrogen-bond donors (Lipinski definition) is 2. The average molecular weight is 292 g/mol. The lowest BCUT2D eigenvalue weighted by Gasteiger charge is -2.25. The van der Waals surface area contributed by atoms with Crippen molar-refractivity contribution in [2.75, 3.05) is 29.9 Å². The summed E-state index contributed by atoms with van der Waals surface area (Å²) >= 11 is 0. The first-order valence-corrected chi connectivity index (χ1v) is 6.51. The van der Waals surface area contributed by atoms with Gasteiger partial charge in [0.1, 0.15) is 0 Å². The fourth-order valence-corrected chi connectivity index (χ4v) is 2.31. The Balaban J connectivity index is 2.42. The summed E-state index contributed by atoms with van der Waals surface area (Å²) in [5.74, 6) is -2.11. The minimum Gasteiger partial charge on any atom is -0.481 e.